The minimum absolute atomic E-state index is 0.0966. The van der Waals surface area contributed by atoms with Gasteiger partial charge in [-0.2, -0.15) is 8.78 Å². The van der Waals surface area contributed by atoms with E-state index in [0.29, 0.717) is 22.5 Å². The van der Waals surface area contributed by atoms with Crippen molar-refractivity contribution in [2.75, 3.05) is 0 Å². The molecule has 1 heterocycles. The Balaban J connectivity index is 1.93. The lowest BCUT2D eigenvalue weighted by Crippen LogP contribution is -2.02. The third kappa shape index (κ3) is 3.32. The quantitative estimate of drug-likeness (QED) is 0.702. The van der Waals surface area contributed by atoms with Crippen LogP contribution in [0.5, 0.6) is 5.75 Å². The first-order valence-electron chi connectivity index (χ1n) is 6.33. The smallest absolute Gasteiger partial charge is 0.387 e. The summed E-state index contributed by atoms with van der Waals surface area (Å²) in [7, 11) is 0. The van der Waals surface area contributed by atoms with Gasteiger partial charge in [0, 0.05) is 11.5 Å². The molecule has 0 amide bonds. The lowest BCUT2D eigenvalue weighted by molar-refractivity contribution is -0.0498. The third-order valence-electron chi connectivity index (χ3n) is 3.14. The Morgan fingerprint density at radius 2 is 1.86 bits per heavy atom. The summed E-state index contributed by atoms with van der Waals surface area (Å²) in [5.41, 5.74) is 1.60. The Kier molecular flexibility index (Phi) is 4.08. The van der Waals surface area contributed by atoms with E-state index in [1.54, 1.807) is 12.1 Å². The van der Waals surface area contributed by atoms with E-state index in [1.807, 2.05) is 0 Å². The average molecular weight is 376 g/mol. The van der Waals surface area contributed by atoms with Crippen LogP contribution in [0, 0.1) is 0 Å². The summed E-state index contributed by atoms with van der Waals surface area (Å²) in [4.78, 5) is 8.75. The molecule has 1 saturated carbocycles. The van der Waals surface area contributed by atoms with E-state index >= 15 is 0 Å². The first kappa shape index (κ1) is 14.7. The molecule has 0 bridgehead atoms. The second-order valence-electron chi connectivity index (χ2n) is 4.71. The van der Waals surface area contributed by atoms with Crippen molar-refractivity contribution in [1.82, 2.24) is 9.97 Å². The lowest BCUT2D eigenvalue weighted by atomic mass is 10.2. The molecular formula is C14H10BrClF2N2O. The summed E-state index contributed by atoms with van der Waals surface area (Å²) in [6.45, 7) is -2.84. The SMILES string of the molecule is FC(F)Oc1ccc(-c2nc(Cl)c(Br)c(C3CC3)n2)cc1. The molecule has 0 N–H and O–H groups in total. The number of benzene rings is 1. The van der Waals surface area contributed by atoms with E-state index < -0.39 is 6.61 Å². The molecule has 1 aliphatic rings. The van der Waals surface area contributed by atoms with E-state index in [2.05, 4.69) is 30.6 Å². The first-order chi connectivity index (χ1) is 10.0. The standard InChI is InChI=1S/C14H10BrClF2N2O/c15-10-11(7-1-2-7)19-13(20-12(10)16)8-3-5-9(6-4-8)21-14(17)18/h3-7,14H,1-2H2. The summed E-state index contributed by atoms with van der Waals surface area (Å²) in [5, 5.41) is 0.356. The van der Waals surface area contributed by atoms with Gasteiger partial charge in [0.05, 0.1) is 10.2 Å². The van der Waals surface area contributed by atoms with Gasteiger partial charge in [0.1, 0.15) is 10.9 Å². The second kappa shape index (κ2) is 5.85. The zero-order chi connectivity index (χ0) is 15.0. The monoisotopic (exact) mass is 374 g/mol. The van der Waals surface area contributed by atoms with Crippen molar-refractivity contribution in [3.8, 4) is 17.1 Å². The molecule has 110 valence electrons. The number of aromatic nitrogens is 2. The highest BCUT2D eigenvalue weighted by Crippen LogP contribution is 2.44. The summed E-state index contributed by atoms with van der Waals surface area (Å²) >= 11 is 9.52. The molecule has 0 aliphatic heterocycles. The number of ether oxygens (including phenoxy) is 1. The van der Waals surface area contributed by atoms with Crippen LogP contribution in [0.3, 0.4) is 0 Å². The van der Waals surface area contributed by atoms with Gasteiger partial charge in [0.15, 0.2) is 5.82 Å². The normalized spacial score (nSPS) is 14.5. The van der Waals surface area contributed by atoms with E-state index in [0.717, 1.165) is 23.0 Å². The molecule has 0 spiro atoms. The molecule has 1 aliphatic carbocycles. The van der Waals surface area contributed by atoms with E-state index in [-0.39, 0.29) is 5.75 Å². The van der Waals surface area contributed by atoms with Crippen molar-refractivity contribution in [2.45, 2.75) is 25.4 Å². The summed E-state index contributed by atoms with van der Waals surface area (Å²) in [6, 6.07) is 6.18. The van der Waals surface area contributed by atoms with Gasteiger partial charge in [-0.05, 0) is 53.0 Å². The Bertz CT molecular complexity index is 663. The van der Waals surface area contributed by atoms with Gasteiger partial charge in [-0.25, -0.2) is 9.97 Å². The molecule has 0 atom stereocenters. The van der Waals surface area contributed by atoms with Crippen molar-refractivity contribution in [3.63, 3.8) is 0 Å². The molecule has 7 heteroatoms. The maximum atomic E-state index is 12.1. The van der Waals surface area contributed by atoms with Crippen molar-refractivity contribution in [1.29, 1.82) is 0 Å². The predicted octanol–water partition coefficient (Wildman–Crippen LogP) is 5.04. The molecular weight excluding hydrogens is 366 g/mol. The number of halogens is 4. The number of nitrogens with zero attached hydrogens (tertiary/aromatic N) is 2. The molecule has 1 aromatic carbocycles. The third-order valence-corrected chi connectivity index (χ3v) is 4.42. The molecule has 3 rings (SSSR count). The fraction of sp³-hybridized carbons (Fsp3) is 0.286. The van der Waals surface area contributed by atoms with Gasteiger partial charge in [-0.15, -0.1) is 0 Å². The van der Waals surface area contributed by atoms with E-state index in [4.69, 9.17) is 11.6 Å². The Morgan fingerprint density at radius 3 is 2.43 bits per heavy atom. The Hall–Kier alpha value is -1.27. The van der Waals surface area contributed by atoms with Crippen molar-refractivity contribution in [2.24, 2.45) is 0 Å². The summed E-state index contributed by atoms with van der Waals surface area (Å²) in [6.07, 6.45) is 2.18. The molecule has 0 unspecified atom stereocenters. The van der Waals surface area contributed by atoms with Crippen LogP contribution in [0.2, 0.25) is 5.15 Å². The predicted molar refractivity (Wildman–Crippen MR) is 78.8 cm³/mol. The van der Waals surface area contributed by atoms with Crippen LogP contribution in [0.25, 0.3) is 11.4 Å². The summed E-state index contributed by atoms with van der Waals surface area (Å²) in [5.74, 6) is 0.994. The maximum absolute atomic E-state index is 12.1. The van der Waals surface area contributed by atoms with Gasteiger partial charge in [0.2, 0.25) is 0 Å². The van der Waals surface area contributed by atoms with Crippen LogP contribution in [-0.2, 0) is 0 Å². The number of alkyl halides is 2. The molecule has 0 saturated heterocycles. The average Bonchev–Trinajstić information content (AvgIpc) is 3.26. The Labute approximate surface area is 133 Å². The molecule has 1 aromatic heterocycles. The number of hydrogen-bond donors (Lipinski definition) is 0. The highest BCUT2D eigenvalue weighted by molar-refractivity contribution is 9.10. The molecule has 21 heavy (non-hydrogen) atoms. The largest absolute Gasteiger partial charge is 0.435 e. The molecule has 2 aromatic rings. The van der Waals surface area contributed by atoms with Crippen LogP contribution in [0.15, 0.2) is 28.7 Å². The minimum Gasteiger partial charge on any atom is -0.435 e. The highest BCUT2D eigenvalue weighted by Gasteiger charge is 2.29. The number of rotatable bonds is 4. The zero-order valence-corrected chi connectivity index (χ0v) is 13.0. The van der Waals surface area contributed by atoms with Gasteiger partial charge in [-0.3, -0.25) is 0 Å². The van der Waals surface area contributed by atoms with Crippen LogP contribution in [0.1, 0.15) is 24.5 Å². The fourth-order valence-corrected chi connectivity index (χ4v) is 2.66. The van der Waals surface area contributed by atoms with Crippen molar-refractivity contribution < 1.29 is 13.5 Å². The molecule has 1 fully saturated rings. The van der Waals surface area contributed by atoms with Gasteiger partial charge >= 0.3 is 6.61 Å². The number of hydrogen-bond acceptors (Lipinski definition) is 3. The Morgan fingerprint density at radius 1 is 1.19 bits per heavy atom. The van der Waals surface area contributed by atoms with Crippen molar-refractivity contribution in [3.05, 3.63) is 39.6 Å². The van der Waals surface area contributed by atoms with Gasteiger partial charge in [-0.1, -0.05) is 11.6 Å². The topological polar surface area (TPSA) is 35.0 Å². The van der Waals surface area contributed by atoms with Crippen LogP contribution < -0.4 is 4.74 Å². The van der Waals surface area contributed by atoms with E-state index in [9.17, 15) is 8.78 Å². The lowest BCUT2D eigenvalue weighted by Gasteiger charge is -2.08. The molecule has 0 radical (unpaired) electrons. The summed E-state index contributed by atoms with van der Waals surface area (Å²) < 4.78 is 29.3. The minimum atomic E-state index is -2.84. The van der Waals surface area contributed by atoms with Crippen molar-refractivity contribution >= 4 is 27.5 Å². The zero-order valence-electron chi connectivity index (χ0n) is 10.7. The highest BCUT2D eigenvalue weighted by atomic mass is 79.9. The van der Waals surface area contributed by atoms with Crippen LogP contribution in [-0.4, -0.2) is 16.6 Å². The van der Waals surface area contributed by atoms with Crippen LogP contribution in [0.4, 0.5) is 8.78 Å². The van der Waals surface area contributed by atoms with Gasteiger partial charge < -0.3 is 4.74 Å². The molecule has 3 nitrogen and oxygen atoms in total. The van der Waals surface area contributed by atoms with Crippen LogP contribution >= 0.6 is 27.5 Å². The maximum Gasteiger partial charge on any atom is 0.387 e. The first-order valence-corrected chi connectivity index (χ1v) is 7.50. The van der Waals surface area contributed by atoms with E-state index in [1.165, 1.54) is 12.1 Å². The van der Waals surface area contributed by atoms with Gasteiger partial charge in [0.25, 0.3) is 0 Å². The second-order valence-corrected chi connectivity index (χ2v) is 5.87. The fourth-order valence-electron chi connectivity index (χ4n) is 1.98.